The summed E-state index contributed by atoms with van der Waals surface area (Å²) in [6.45, 7) is 2.16. The minimum Gasteiger partial charge on any atom is -0.497 e. The number of rotatable bonds is 7. The van der Waals surface area contributed by atoms with E-state index < -0.39 is 0 Å². The number of carbonyl (C=O) groups excluding carboxylic acids is 2. The lowest BCUT2D eigenvalue weighted by Gasteiger charge is -2.36. The highest BCUT2D eigenvalue weighted by Crippen LogP contribution is 2.17. The normalized spacial score (nSPS) is 13.9. The van der Waals surface area contributed by atoms with Gasteiger partial charge in [-0.2, -0.15) is 0 Å². The fourth-order valence-corrected chi connectivity index (χ4v) is 3.21. The number of ether oxygens (including phenoxy) is 2. The molecule has 0 unspecified atom stereocenters. The smallest absolute Gasteiger partial charge is 0.306 e. The first-order valence-electron chi connectivity index (χ1n) is 9.62. The Morgan fingerprint density at radius 3 is 2.24 bits per heavy atom. The maximum absolute atomic E-state index is 13.0. The van der Waals surface area contributed by atoms with Crippen LogP contribution in [0.2, 0.25) is 0 Å². The summed E-state index contributed by atoms with van der Waals surface area (Å²) >= 11 is 0. The summed E-state index contributed by atoms with van der Waals surface area (Å²) in [5.74, 6) is -0.0847. The number of nitrogens with zero attached hydrogens (tertiary/aromatic N) is 2. The van der Waals surface area contributed by atoms with Crippen LogP contribution >= 0.6 is 0 Å². The van der Waals surface area contributed by atoms with Crippen LogP contribution in [0.5, 0.6) is 5.75 Å². The Balaban J connectivity index is 1.37. The second-order valence-corrected chi connectivity index (χ2v) is 6.85. The minimum atomic E-state index is -0.390. The van der Waals surface area contributed by atoms with Crippen LogP contribution in [0, 0.1) is 5.82 Å². The van der Waals surface area contributed by atoms with E-state index in [1.807, 2.05) is 24.3 Å². The minimum absolute atomic E-state index is 0.193. The number of halogens is 1. The maximum atomic E-state index is 13.0. The molecule has 7 heteroatoms. The quantitative estimate of drug-likeness (QED) is 0.669. The van der Waals surface area contributed by atoms with Crippen LogP contribution in [0.25, 0.3) is 0 Å². The van der Waals surface area contributed by atoms with Gasteiger partial charge in [0.25, 0.3) is 5.91 Å². The van der Waals surface area contributed by atoms with E-state index in [0.717, 1.165) is 17.0 Å². The van der Waals surface area contributed by atoms with Gasteiger partial charge in [-0.25, -0.2) is 4.39 Å². The number of aryl methyl sites for hydroxylation is 1. The van der Waals surface area contributed by atoms with Gasteiger partial charge in [-0.15, -0.1) is 0 Å². The number of piperazine rings is 1. The van der Waals surface area contributed by atoms with Gasteiger partial charge < -0.3 is 19.3 Å². The molecule has 154 valence electrons. The molecule has 0 spiro atoms. The van der Waals surface area contributed by atoms with Crippen LogP contribution in [-0.4, -0.2) is 56.7 Å². The van der Waals surface area contributed by atoms with Crippen LogP contribution in [0.3, 0.4) is 0 Å². The Labute approximate surface area is 169 Å². The van der Waals surface area contributed by atoms with Gasteiger partial charge >= 0.3 is 5.97 Å². The van der Waals surface area contributed by atoms with E-state index in [0.29, 0.717) is 32.6 Å². The topological polar surface area (TPSA) is 59.1 Å². The Morgan fingerprint density at radius 2 is 1.62 bits per heavy atom. The SMILES string of the molecule is COc1ccc(CCC(=O)OCC(=O)N2CCN(c3ccc(F)cc3)CC2)cc1. The zero-order valence-corrected chi connectivity index (χ0v) is 16.5. The molecule has 1 saturated heterocycles. The summed E-state index contributed by atoms with van der Waals surface area (Å²) in [6.07, 6.45) is 0.769. The number of hydrogen-bond donors (Lipinski definition) is 0. The third-order valence-electron chi connectivity index (χ3n) is 4.96. The molecular formula is C22H25FN2O4. The van der Waals surface area contributed by atoms with E-state index in [-0.39, 0.29) is 30.7 Å². The molecular weight excluding hydrogens is 375 g/mol. The monoisotopic (exact) mass is 400 g/mol. The van der Waals surface area contributed by atoms with Crippen LogP contribution < -0.4 is 9.64 Å². The van der Waals surface area contributed by atoms with Crippen molar-refractivity contribution in [2.45, 2.75) is 12.8 Å². The van der Waals surface area contributed by atoms with Gasteiger partial charge in [0.05, 0.1) is 7.11 Å². The standard InChI is InChI=1S/C22H25FN2O4/c1-28-20-9-2-17(3-10-20)4-11-22(27)29-16-21(26)25-14-12-24(13-15-25)19-7-5-18(23)6-8-19/h2-3,5-10H,4,11-16H2,1H3. The molecule has 0 aromatic heterocycles. The number of methoxy groups -OCH3 is 1. The van der Waals surface area contributed by atoms with E-state index >= 15 is 0 Å². The van der Waals surface area contributed by atoms with Gasteiger partial charge in [-0.3, -0.25) is 9.59 Å². The second kappa shape index (κ2) is 9.91. The molecule has 0 atom stereocenters. The molecule has 0 N–H and O–H groups in total. The lowest BCUT2D eigenvalue weighted by Crippen LogP contribution is -2.49. The maximum Gasteiger partial charge on any atom is 0.306 e. The lowest BCUT2D eigenvalue weighted by molar-refractivity contribution is -0.152. The molecule has 0 bridgehead atoms. The van der Waals surface area contributed by atoms with Crippen molar-refractivity contribution in [3.63, 3.8) is 0 Å². The number of anilines is 1. The van der Waals surface area contributed by atoms with Crippen LogP contribution in [0.4, 0.5) is 10.1 Å². The molecule has 1 heterocycles. The molecule has 1 aliphatic heterocycles. The number of benzene rings is 2. The average Bonchev–Trinajstić information content (AvgIpc) is 2.77. The van der Waals surface area contributed by atoms with Crippen molar-refractivity contribution in [1.82, 2.24) is 4.90 Å². The summed E-state index contributed by atoms with van der Waals surface area (Å²) in [5.41, 5.74) is 1.94. The summed E-state index contributed by atoms with van der Waals surface area (Å²) in [5, 5.41) is 0. The number of hydrogen-bond acceptors (Lipinski definition) is 5. The molecule has 0 radical (unpaired) electrons. The van der Waals surface area contributed by atoms with Gasteiger partial charge in [0.1, 0.15) is 11.6 Å². The van der Waals surface area contributed by atoms with E-state index in [9.17, 15) is 14.0 Å². The molecule has 29 heavy (non-hydrogen) atoms. The third-order valence-corrected chi connectivity index (χ3v) is 4.96. The van der Waals surface area contributed by atoms with Crippen molar-refractivity contribution in [2.24, 2.45) is 0 Å². The predicted molar refractivity (Wildman–Crippen MR) is 107 cm³/mol. The molecule has 2 aromatic rings. The molecule has 1 fully saturated rings. The Morgan fingerprint density at radius 1 is 0.966 bits per heavy atom. The molecule has 6 nitrogen and oxygen atoms in total. The first-order valence-corrected chi connectivity index (χ1v) is 9.62. The van der Waals surface area contributed by atoms with E-state index in [2.05, 4.69) is 4.90 Å². The summed E-state index contributed by atoms with van der Waals surface area (Å²) in [4.78, 5) is 28.0. The van der Waals surface area contributed by atoms with Crippen LogP contribution in [0.15, 0.2) is 48.5 Å². The fraction of sp³-hybridized carbons (Fsp3) is 0.364. The summed E-state index contributed by atoms with van der Waals surface area (Å²) in [7, 11) is 1.60. The molecule has 0 saturated carbocycles. The Hall–Kier alpha value is -3.09. The van der Waals surface area contributed by atoms with Gasteiger partial charge in [0.15, 0.2) is 6.61 Å². The Kier molecular flexibility index (Phi) is 7.05. The van der Waals surface area contributed by atoms with Crippen LogP contribution in [0.1, 0.15) is 12.0 Å². The zero-order valence-electron chi connectivity index (χ0n) is 16.5. The van der Waals surface area contributed by atoms with Gasteiger partial charge in [0, 0.05) is 38.3 Å². The first-order chi connectivity index (χ1) is 14.0. The van der Waals surface area contributed by atoms with Gasteiger partial charge in [-0.05, 0) is 48.4 Å². The highest BCUT2D eigenvalue weighted by Gasteiger charge is 2.22. The van der Waals surface area contributed by atoms with E-state index in [1.165, 1.54) is 12.1 Å². The lowest BCUT2D eigenvalue weighted by atomic mass is 10.1. The summed E-state index contributed by atoms with van der Waals surface area (Å²) in [6, 6.07) is 13.8. The highest BCUT2D eigenvalue weighted by atomic mass is 19.1. The highest BCUT2D eigenvalue weighted by molar-refractivity contribution is 5.81. The third kappa shape index (κ3) is 5.94. The Bertz CT molecular complexity index is 816. The largest absolute Gasteiger partial charge is 0.497 e. The fourth-order valence-electron chi connectivity index (χ4n) is 3.21. The van der Waals surface area contributed by atoms with Crippen molar-refractivity contribution in [1.29, 1.82) is 0 Å². The second-order valence-electron chi connectivity index (χ2n) is 6.85. The number of carbonyl (C=O) groups is 2. The van der Waals surface area contributed by atoms with E-state index in [4.69, 9.17) is 9.47 Å². The van der Waals surface area contributed by atoms with Gasteiger partial charge in [-0.1, -0.05) is 12.1 Å². The van der Waals surface area contributed by atoms with E-state index in [1.54, 1.807) is 24.1 Å². The molecule has 3 rings (SSSR count). The van der Waals surface area contributed by atoms with Crippen molar-refractivity contribution in [2.75, 3.05) is 44.8 Å². The number of esters is 1. The number of amides is 1. The first kappa shape index (κ1) is 20.6. The summed E-state index contributed by atoms with van der Waals surface area (Å²) < 4.78 is 23.3. The van der Waals surface area contributed by atoms with Crippen molar-refractivity contribution in [3.05, 3.63) is 59.9 Å². The van der Waals surface area contributed by atoms with Crippen molar-refractivity contribution >= 4 is 17.6 Å². The molecule has 1 aliphatic rings. The van der Waals surface area contributed by atoms with Crippen molar-refractivity contribution in [3.8, 4) is 5.75 Å². The average molecular weight is 400 g/mol. The van der Waals surface area contributed by atoms with Crippen molar-refractivity contribution < 1.29 is 23.5 Å². The zero-order chi connectivity index (χ0) is 20.6. The predicted octanol–water partition coefficient (Wildman–Crippen LogP) is 2.66. The molecule has 1 amide bonds. The molecule has 2 aromatic carbocycles. The molecule has 0 aliphatic carbocycles. The van der Waals surface area contributed by atoms with Gasteiger partial charge in [0.2, 0.25) is 0 Å². The van der Waals surface area contributed by atoms with Crippen LogP contribution in [-0.2, 0) is 20.7 Å².